The minimum atomic E-state index is -0.469. The third-order valence-corrected chi connectivity index (χ3v) is 6.80. The van der Waals surface area contributed by atoms with Crippen LogP contribution in [0.15, 0.2) is 53.4 Å². The van der Waals surface area contributed by atoms with Crippen molar-refractivity contribution in [1.29, 1.82) is 0 Å². The predicted octanol–water partition coefficient (Wildman–Crippen LogP) is 4.11. The molecule has 2 aromatic carbocycles. The third kappa shape index (κ3) is 4.49. The number of hydrogen-bond donors (Lipinski definition) is 1. The Hall–Kier alpha value is -3.79. The smallest absolute Gasteiger partial charge is 0.293 e. The second kappa shape index (κ2) is 9.46. The van der Waals surface area contributed by atoms with Crippen molar-refractivity contribution in [3.63, 3.8) is 0 Å². The van der Waals surface area contributed by atoms with E-state index < -0.39 is 28.7 Å². The Morgan fingerprint density at radius 2 is 1.86 bits per heavy atom. The number of hydrogen-bond acceptors (Lipinski definition) is 5. The van der Waals surface area contributed by atoms with Crippen LogP contribution in [0.5, 0.6) is 0 Å². The van der Waals surface area contributed by atoms with Crippen LogP contribution in [0.3, 0.4) is 0 Å². The average molecular weight is 495 g/mol. The molecule has 0 saturated carbocycles. The van der Waals surface area contributed by atoms with Crippen molar-refractivity contribution in [2.45, 2.75) is 19.3 Å². The molecule has 1 saturated heterocycles. The fourth-order valence-corrected chi connectivity index (χ4v) is 5.08. The van der Waals surface area contributed by atoms with Crippen molar-refractivity contribution in [3.8, 4) is 5.69 Å². The second-order valence-corrected chi connectivity index (χ2v) is 9.12. The van der Waals surface area contributed by atoms with E-state index in [0.717, 1.165) is 34.3 Å². The number of halogens is 2. The maximum atomic E-state index is 14.3. The fraction of sp³-hybridized carbons (Fsp3) is 0.200. The summed E-state index contributed by atoms with van der Waals surface area (Å²) in [6.45, 7) is 0.0371. The van der Waals surface area contributed by atoms with Gasteiger partial charge in [-0.2, -0.15) is 5.10 Å². The molecule has 0 atom stereocenters. The van der Waals surface area contributed by atoms with Crippen LogP contribution in [0, 0.1) is 11.6 Å². The zero-order valence-corrected chi connectivity index (χ0v) is 19.3. The summed E-state index contributed by atoms with van der Waals surface area (Å²) in [4.78, 5) is 39.2. The normalized spacial score (nSPS) is 16.3. The highest BCUT2D eigenvalue weighted by Crippen LogP contribution is 2.32. The molecule has 0 spiro atoms. The lowest BCUT2D eigenvalue weighted by Gasteiger charge is -2.12. The van der Waals surface area contributed by atoms with Gasteiger partial charge in [0.2, 0.25) is 0 Å². The standard InChI is InChI=1S/C25H20F2N4O3S/c26-16-10-8-15(9-11-16)14-21-24(33)30(25(34)35-21)13-12-28-23(32)22-17-4-3-7-19(17)31(29-22)20-6-2-1-5-18(20)27/h1-2,5-6,8-11,14H,3-4,7,12-13H2,(H,28,32)/b21-14-. The molecule has 0 unspecified atom stereocenters. The van der Waals surface area contributed by atoms with Gasteiger partial charge < -0.3 is 5.32 Å². The van der Waals surface area contributed by atoms with E-state index in [1.165, 1.54) is 41.1 Å². The number of benzene rings is 2. The maximum absolute atomic E-state index is 14.3. The van der Waals surface area contributed by atoms with E-state index in [-0.39, 0.29) is 29.4 Å². The number of para-hydroxylation sites is 1. The van der Waals surface area contributed by atoms with Gasteiger partial charge in [-0.05, 0) is 66.9 Å². The minimum Gasteiger partial charge on any atom is -0.349 e. The summed E-state index contributed by atoms with van der Waals surface area (Å²) in [5.41, 5.74) is 2.72. The number of nitrogens with one attached hydrogen (secondary N) is 1. The zero-order valence-electron chi connectivity index (χ0n) is 18.5. The SMILES string of the molecule is O=C(NCCN1C(=O)S/C(=C\c2ccc(F)cc2)C1=O)c1nn(-c2ccccc2F)c2c1CCC2. The molecule has 1 aromatic heterocycles. The number of amides is 3. The molecule has 0 radical (unpaired) electrons. The molecule has 178 valence electrons. The van der Waals surface area contributed by atoms with Crippen LogP contribution in [0.25, 0.3) is 11.8 Å². The molecule has 0 bridgehead atoms. The van der Waals surface area contributed by atoms with E-state index in [1.807, 2.05) is 0 Å². The molecule has 1 fully saturated rings. The summed E-state index contributed by atoms with van der Waals surface area (Å²) >= 11 is 0.796. The summed E-state index contributed by atoms with van der Waals surface area (Å²) in [7, 11) is 0. The molecular formula is C25H20F2N4O3S. The Labute approximate surface area is 203 Å². The Kier molecular flexibility index (Phi) is 6.21. The molecule has 35 heavy (non-hydrogen) atoms. The molecule has 7 nitrogen and oxygen atoms in total. The fourth-order valence-electron chi connectivity index (χ4n) is 4.21. The number of thioether (sulfide) groups is 1. The van der Waals surface area contributed by atoms with Crippen LogP contribution in [-0.4, -0.2) is 44.8 Å². The van der Waals surface area contributed by atoms with Crippen LogP contribution in [0.4, 0.5) is 13.6 Å². The lowest BCUT2D eigenvalue weighted by atomic mass is 10.2. The van der Waals surface area contributed by atoms with E-state index in [2.05, 4.69) is 10.4 Å². The molecule has 3 amide bonds. The number of carbonyl (C=O) groups is 3. The molecule has 1 N–H and O–H groups in total. The van der Waals surface area contributed by atoms with E-state index >= 15 is 0 Å². The zero-order chi connectivity index (χ0) is 24.5. The van der Waals surface area contributed by atoms with Crippen molar-refractivity contribution >= 4 is 34.9 Å². The van der Waals surface area contributed by atoms with Crippen LogP contribution in [0.1, 0.15) is 33.7 Å². The van der Waals surface area contributed by atoms with Gasteiger partial charge in [0.05, 0.1) is 4.91 Å². The molecule has 10 heteroatoms. The molecule has 2 heterocycles. The van der Waals surface area contributed by atoms with Gasteiger partial charge in [-0.25, -0.2) is 13.5 Å². The summed E-state index contributed by atoms with van der Waals surface area (Å²) in [5.74, 6) is -1.73. The molecule has 3 aromatic rings. The number of rotatable bonds is 6. The van der Waals surface area contributed by atoms with Crippen molar-refractivity contribution in [2.24, 2.45) is 0 Å². The molecule has 5 rings (SSSR count). The van der Waals surface area contributed by atoms with Gasteiger partial charge in [-0.3, -0.25) is 19.3 Å². The van der Waals surface area contributed by atoms with Gasteiger partial charge in [-0.1, -0.05) is 24.3 Å². The average Bonchev–Trinajstić information content (AvgIpc) is 3.52. The van der Waals surface area contributed by atoms with Crippen molar-refractivity contribution in [1.82, 2.24) is 20.0 Å². The first kappa shape index (κ1) is 23.0. The van der Waals surface area contributed by atoms with E-state index in [1.54, 1.807) is 18.2 Å². The van der Waals surface area contributed by atoms with Crippen molar-refractivity contribution < 1.29 is 23.2 Å². The summed E-state index contributed by atoms with van der Waals surface area (Å²) in [6, 6.07) is 11.8. The van der Waals surface area contributed by atoms with Crippen LogP contribution >= 0.6 is 11.8 Å². The van der Waals surface area contributed by atoms with Crippen molar-refractivity contribution in [3.05, 3.63) is 87.6 Å². The highest BCUT2D eigenvalue weighted by molar-refractivity contribution is 8.18. The van der Waals surface area contributed by atoms with E-state index in [0.29, 0.717) is 18.4 Å². The number of nitrogens with zero attached hydrogens (tertiary/aromatic N) is 3. The molecule has 1 aliphatic heterocycles. The maximum Gasteiger partial charge on any atom is 0.293 e. The minimum absolute atomic E-state index is 0.00657. The number of imide groups is 1. The first-order valence-corrected chi connectivity index (χ1v) is 11.9. The summed E-state index contributed by atoms with van der Waals surface area (Å²) in [6.07, 6.45) is 3.74. The lowest BCUT2D eigenvalue weighted by molar-refractivity contribution is -0.122. The Balaban J connectivity index is 1.26. The highest BCUT2D eigenvalue weighted by Gasteiger charge is 2.35. The van der Waals surface area contributed by atoms with Crippen LogP contribution < -0.4 is 5.32 Å². The Bertz CT molecular complexity index is 1370. The Morgan fingerprint density at radius 1 is 1.09 bits per heavy atom. The number of aromatic nitrogens is 2. The predicted molar refractivity (Wildman–Crippen MR) is 127 cm³/mol. The topological polar surface area (TPSA) is 84.3 Å². The van der Waals surface area contributed by atoms with Crippen LogP contribution in [0.2, 0.25) is 0 Å². The van der Waals surface area contributed by atoms with Crippen molar-refractivity contribution in [2.75, 3.05) is 13.1 Å². The van der Waals surface area contributed by atoms with Gasteiger partial charge in [0, 0.05) is 24.3 Å². The van der Waals surface area contributed by atoms with Gasteiger partial charge >= 0.3 is 0 Å². The van der Waals surface area contributed by atoms with Gasteiger partial charge in [0.15, 0.2) is 5.69 Å². The third-order valence-electron chi connectivity index (χ3n) is 5.89. The quantitative estimate of drug-likeness (QED) is 0.522. The number of carbonyl (C=O) groups excluding carboxylic acids is 3. The molecule has 1 aliphatic carbocycles. The van der Waals surface area contributed by atoms with Gasteiger partial charge in [0.1, 0.15) is 17.3 Å². The van der Waals surface area contributed by atoms with Gasteiger partial charge in [-0.15, -0.1) is 0 Å². The van der Waals surface area contributed by atoms with E-state index in [9.17, 15) is 23.2 Å². The Morgan fingerprint density at radius 3 is 2.63 bits per heavy atom. The molecular weight excluding hydrogens is 474 g/mol. The summed E-state index contributed by atoms with van der Waals surface area (Å²) < 4.78 is 28.9. The highest BCUT2D eigenvalue weighted by atomic mass is 32.2. The monoisotopic (exact) mass is 494 g/mol. The van der Waals surface area contributed by atoms with E-state index in [4.69, 9.17) is 0 Å². The van der Waals surface area contributed by atoms with Crippen LogP contribution in [-0.2, 0) is 17.6 Å². The second-order valence-electron chi connectivity index (χ2n) is 8.13. The first-order chi connectivity index (χ1) is 16.9. The molecule has 2 aliphatic rings. The largest absolute Gasteiger partial charge is 0.349 e. The lowest BCUT2D eigenvalue weighted by Crippen LogP contribution is -2.37. The first-order valence-electron chi connectivity index (χ1n) is 11.1. The summed E-state index contributed by atoms with van der Waals surface area (Å²) in [5, 5.41) is 6.66. The number of fused-ring (bicyclic) bond motifs is 1. The van der Waals surface area contributed by atoms with Gasteiger partial charge in [0.25, 0.3) is 17.1 Å².